The van der Waals surface area contributed by atoms with Gasteiger partial charge in [-0.1, -0.05) is 60.7 Å². The first-order valence-electron chi connectivity index (χ1n) is 6.42. The molecule has 98 valence electrons. The summed E-state index contributed by atoms with van der Waals surface area (Å²) in [6.45, 7) is 0. The topological polar surface area (TPSA) is 40.5 Å². The zero-order valence-electron chi connectivity index (χ0n) is 10.8. The van der Waals surface area contributed by atoms with Gasteiger partial charge in [0.25, 0.3) is 0 Å². The zero-order valence-corrected chi connectivity index (χ0v) is 10.8. The lowest BCUT2D eigenvalue weighted by Gasteiger charge is -2.07. The van der Waals surface area contributed by atoms with Crippen LogP contribution in [0.2, 0.25) is 0 Å². The summed E-state index contributed by atoms with van der Waals surface area (Å²) < 4.78 is 0. The highest BCUT2D eigenvalue weighted by Gasteiger charge is 2.08. The number of hydrogen-bond acceptors (Lipinski definition) is 2. The number of aliphatic hydroxyl groups excluding tert-OH is 1. The molecule has 2 aromatic carbocycles. The number of benzene rings is 2. The number of allylic oxidation sites excluding steroid dienone is 7. The second-order valence-corrected chi connectivity index (χ2v) is 4.62. The zero-order chi connectivity index (χ0) is 13.9. The Bertz CT molecular complexity index is 763. The van der Waals surface area contributed by atoms with E-state index < -0.39 is 0 Å². The van der Waals surface area contributed by atoms with Crippen molar-refractivity contribution in [2.24, 2.45) is 0 Å². The van der Waals surface area contributed by atoms with E-state index in [1.54, 1.807) is 12.1 Å². The SMILES string of the molecule is OC(=CC=C1C=CC=C1)c1ccc2ccccc2c1O. The van der Waals surface area contributed by atoms with Gasteiger partial charge in [-0.25, -0.2) is 0 Å². The first-order chi connectivity index (χ1) is 9.75. The largest absolute Gasteiger partial charge is 0.507 e. The van der Waals surface area contributed by atoms with Crippen molar-refractivity contribution in [2.75, 3.05) is 0 Å². The summed E-state index contributed by atoms with van der Waals surface area (Å²) in [7, 11) is 0. The molecule has 0 heterocycles. The van der Waals surface area contributed by atoms with Crippen LogP contribution < -0.4 is 0 Å². The summed E-state index contributed by atoms with van der Waals surface area (Å²) in [5, 5.41) is 22.1. The van der Waals surface area contributed by atoms with Gasteiger partial charge in [-0.05, 0) is 23.1 Å². The molecule has 0 radical (unpaired) electrons. The van der Waals surface area contributed by atoms with E-state index in [9.17, 15) is 10.2 Å². The maximum absolute atomic E-state index is 10.3. The Morgan fingerprint density at radius 3 is 2.50 bits per heavy atom. The third kappa shape index (κ3) is 2.24. The maximum Gasteiger partial charge on any atom is 0.134 e. The minimum absolute atomic E-state index is 0.0504. The lowest BCUT2D eigenvalue weighted by atomic mass is 10.0. The fourth-order valence-electron chi connectivity index (χ4n) is 2.23. The molecule has 1 aliphatic carbocycles. The number of fused-ring (bicyclic) bond motifs is 1. The second kappa shape index (κ2) is 5.10. The molecular weight excluding hydrogens is 248 g/mol. The van der Waals surface area contributed by atoms with E-state index in [0.717, 1.165) is 16.3 Å². The average molecular weight is 262 g/mol. The second-order valence-electron chi connectivity index (χ2n) is 4.62. The monoisotopic (exact) mass is 262 g/mol. The molecule has 0 atom stereocenters. The van der Waals surface area contributed by atoms with Crippen molar-refractivity contribution < 1.29 is 10.2 Å². The molecule has 0 unspecified atom stereocenters. The molecule has 2 nitrogen and oxygen atoms in total. The van der Waals surface area contributed by atoms with Gasteiger partial charge in [-0.15, -0.1) is 0 Å². The van der Waals surface area contributed by atoms with Crippen molar-refractivity contribution in [3.63, 3.8) is 0 Å². The van der Waals surface area contributed by atoms with Crippen LogP contribution >= 0.6 is 0 Å². The molecule has 2 N–H and O–H groups in total. The molecular formula is C18H14O2. The molecule has 0 bridgehead atoms. The van der Waals surface area contributed by atoms with Crippen LogP contribution in [0.1, 0.15) is 5.56 Å². The predicted octanol–water partition coefficient (Wildman–Crippen LogP) is 4.50. The molecule has 0 aliphatic heterocycles. The van der Waals surface area contributed by atoms with Gasteiger partial charge in [-0.3, -0.25) is 0 Å². The average Bonchev–Trinajstić information content (AvgIpc) is 2.99. The van der Waals surface area contributed by atoms with E-state index in [0.29, 0.717) is 5.56 Å². The molecule has 2 aromatic rings. The first kappa shape index (κ1) is 12.3. The summed E-state index contributed by atoms with van der Waals surface area (Å²) in [5.41, 5.74) is 1.45. The summed E-state index contributed by atoms with van der Waals surface area (Å²) in [6.07, 6.45) is 11.2. The van der Waals surface area contributed by atoms with Crippen LogP contribution in [-0.2, 0) is 0 Å². The molecule has 0 amide bonds. The van der Waals surface area contributed by atoms with E-state index in [-0.39, 0.29) is 11.5 Å². The van der Waals surface area contributed by atoms with Crippen molar-refractivity contribution in [1.82, 2.24) is 0 Å². The Kier molecular flexibility index (Phi) is 3.13. The molecule has 0 aromatic heterocycles. The van der Waals surface area contributed by atoms with E-state index >= 15 is 0 Å². The highest BCUT2D eigenvalue weighted by molar-refractivity contribution is 5.92. The number of aromatic hydroxyl groups is 1. The predicted molar refractivity (Wildman–Crippen MR) is 82.6 cm³/mol. The number of phenols is 1. The van der Waals surface area contributed by atoms with Gasteiger partial charge in [0.05, 0.1) is 5.56 Å². The Morgan fingerprint density at radius 2 is 1.70 bits per heavy atom. The van der Waals surface area contributed by atoms with Crippen LogP contribution in [0.5, 0.6) is 5.75 Å². The van der Waals surface area contributed by atoms with Crippen LogP contribution in [0.3, 0.4) is 0 Å². The maximum atomic E-state index is 10.3. The fraction of sp³-hybridized carbons (Fsp3) is 0. The van der Waals surface area contributed by atoms with Gasteiger partial charge < -0.3 is 10.2 Å². The minimum atomic E-state index is 0.0504. The molecule has 2 heteroatoms. The van der Waals surface area contributed by atoms with E-state index in [1.807, 2.05) is 60.7 Å². The van der Waals surface area contributed by atoms with Crippen molar-refractivity contribution in [1.29, 1.82) is 0 Å². The summed E-state index contributed by atoms with van der Waals surface area (Å²) in [4.78, 5) is 0. The quantitative estimate of drug-likeness (QED) is 0.782. The molecule has 0 saturated heterocycles. The highest BCUT2D eigenvalue weighted by atomic mass is 16.3. The fourth-order valence-corrected chi connectivity index (χ4v) is 2.23. The van der Waals surface area contributed by atoms with Crippen molar-refractivity contribution in [3.8, 4) is 5.75 Å². The molecule has 0 saturated carbocycles. The number of rotatable bonds is 2. The standard InChI is InChI=1S/C18H14O2/c19-17(12-9-13-5-1-2-6-13)16-11-10-14-7-3-4-8-15(14)18(16)20/h1-12,19-20H. The summed E-state index contributed by atoms with van der Waals surface area (Å²) >= 11 is 0. The van der Waals surface area contributed by atoms with Crippen LogP contribution in [0.4, 0.5) is 0 Å². The Hall–Kier alpha value is -2.74. The van der Waals surface area contributed by atoms with E-state index in [1.165, 1.54) is 0 Å². The Morgan fingerprint density at radius 1 is 0.950 bits per heavy atom. The Labute approximate surface area is 117 Å². The van der Waals surface area contributed by atoms with Crippen LogP contribution in [-0.4, -0.2) is 10.2 Å². The molecule has 20 heavy (non-hydrogen) atoms. The summed E-state index contributed by atoms with van der Waals surface area (Å²) in [5.74, 6) is 0.155. The van der Waals surface area contributed by atoms with Crippen molar-refractivity contribution in [3.05, 3.63) is 84.0 Å². The molecule has 1 aliphatic rings. The van der Waals surface area contributed by atoms with Gasteiger partial charge in [-0.2, -0.15) is 0 Å². The Balaban J connectivity index is 2.03. The van der Waals surface area contributed by atoms with Gasteiger partial charge >= 0.3 is 0 Å². The third-order valence-electron chi connectivity index (χ3n) is 3.30. The van der Waals surface area contributed by atoms with Gasteiger partial charge in [0.1, 0.15) is 11.5 Å². The normalized spacial score (nSPS) is 14.2. The lowest BCUT2D eigenvalue weighted by Crippen LogP contribution is -1.85. The number of phenolic OH excluding ortho intramolecular Hbond substituents is 1. The van der Waals surface area contributed by atoms with Crippen LogP contribution in [0.25, 0.3) is 16.5 Å². The number of hydrogen-bond donors (Lipinski definition) is 2. The van der Waals surface area contributed by atoms with Gasteiger partial charge in [0.15, 0.2) is 0 Å². The molecule has 3 rings (SSSR count). The highest BCUT2D eigenvalue weighted by Crippen LogP contribution is 2.32. The van der Waals surface area contributed by atoms with Gasteiger partial charge in [0, 0.05) is 5.39 Å². The van der Waals surface area contributed by atoms with Crippen LogP contribution in [0.15, 0.2) is 78.4 Å². The van der Waals surface area contributed by atoms with Crippen molar-refractivity contribution >= 4 is 16.5 Å². The lowest BCUT2D eigenvalue weighted by molar-refractivity contribution is 0.465. The van der Waals surface area contributed by atoms with Gasteiger partial charge in [0.2, 0.25) is 0 Å². The molecule has 0 fully saturated rings. The smallest absolute Gasteiger partial charge is 0.134 e. The van der Waals surface area contributed by atoms with Crippen molar-refractivity contribution in [2.45, 2.75) is 0 Å². The molecule has 0 spiro atoms. The third-order valence-corrected chi connectivity index (χ3v) is 3.30. The van der Waals surface area contributed by atoms with Crippen LogP contribution in [0, 0.1) is 0 Å². The summed E-state index contributed by atoms with van der Waals surface area (Å²) in [6, 6.07) is 11.2. The van der Waals surface area contributed by atoms with E-state index in [4.69, 9.17) is 0 Å². The first-order valence-corrected chi connectivity index (χ1v) is 6.42. The number of aliphatic hydroxyl groups is 1. The van der Waals surface area contributed by atoms with E-state index in [2.05, 4.69) is 0 Å². The minimum Gasteiger partial charge on any atom is -0.507 e.